The lowest BCUT2D eigenvalue weighted by atomic mass is 9.93. The summed E-state index contributed by atoms with van der Waals surface area (Å²) in [6, 6.07) is 5.76. The van der Waals surface area contributed by atoms with Crippen LogP contribution in [0.3, 0.4) is 0 Å². The summed E-state index contributed by atoms with van der Waals surface area (Å²) in [5.41, 5.74) is -0.0704. The molecule has 1 aliphatic carbocycles. The first-order chi connectivity index (χ1) is 14.7. The molecule has 1 aromatic heterocycles. The third-order valence-corrected chi connectivity index (χ3v) is 5.67. The Kier molecular flexibility index (Phi) is 5.28. The van der Waals surface area contributed by atoms with Crippen LogP contribution in [0.5, 0.6) is 0 Å². The predicted molar refractivity (Wildman–Crippen MR) is 111 cm³/mol. The van der Waals surface area contributed by atoms with E-state index in [0.717, 1.165) is 18.4 Å². The molecule has 1 fully saturated rings. The molecule has 0 radical (unpaired) electrons. The highest BCUT2D eigenvalue weighted by atomic mass is 19.1. The quantitative estimate of drug-likeness (QED) is 0.736. The highest BCUT2D eigenvalue weighted by Crippen LogP contribution is 2.38. The van der Waals surface area contributed by atoms with Crippen molar-refractivity contribution in [3.63, 3.8) is 0 Å². The van der Waals surface area contributed by atoms with Gasteiger partial charge in [-0.3, -0.25) is 14.4 Å². The molecule has 1 aromatic carbocycles. The van der Waals surface area contributed by atoms with Gasteiger partial charge in [-0.25, -0.2) is 9.37 Å². The molecule has 2 aromatic rings. The molecule has 0 spiro atoms. The molecular formula is C22H26FN5O3. The van der Waals surface area contributed by atoms with Crippen LogP contribution in [0.25, 0.3) is 0 Å². The fourth-order valence-electron chi connectivity index (χ4n) is 4.03. The van der Waals surface area contributed by atoms with Gasteiger partial charge in [0.15, 0.2) is 5.69 Å². The second-order valence-corrected chi connectivity index (χ2v) is 8.69. The Labute approximate surface area is 179 Å². The zero-order valence-corrected chi connectivity index (χ0v) is 17.8. The number of carbonyl (C=O) groups excluding carboxylic acids is 3. The number of aromatic nitrogens is 2. The Morgan fingerprint density at radius 2 is 1.94 bits per heavy atom. The molecule has 2 N–H and O–H groups in total. The van der Waals surface area contributed by atoms with Gasteiger partial charge in [0.25, 0.3) is 11.8 Å². The lowest BCUT2D eigenvalue weighted by molar-refractivity contribution is -0.133. The van der Waals surface area contributed by atoms with Crippen molar-refractivity contribution in [3.05, 3.63) is 53.4 Å². The molecule has 9 heteroatoms. The topological polar surface area (TPSA) is 96.3 Å². The van der Waals surface area contributed by atoms with Crippen LogP contribution in [0.2, 0.25) is 0 Å². The molecule has 164 valence electrons. The zero-order valence-electron chi connectivity index (χ0n) is 17.8. The van der Waals surface area contributed by atoms with Gasteiger partial charge in [-0.2, -0.15) is 0 Å². The second kappa shape index (κ2) is 7.79. The maximum absolute atomic E-state index is 13.5. The largest absolute Gasteiger partial charge is 0.350 e. The number of imidazole rings is 1. The molecule has 8 nitrogen and oxygen atoms in total. The minimum absolute atomic E-state index is 0.0428. The summed E-state index contributed by atoms with van der Waals surface area (Å²) in [6.07, 6.45) is 3.07. The first-order valence-electron chi connectivity index (χ1n) is 10.4. The Morgan fingerprint density at radius 3 is 2.55 bits per heavy atom. The molecular weight excluding hydrogens is 401 g/mol. The first-order valence-corrected chi connectivity index (χ1v) is 10.4. The van der Waals surface area contributed by atoms with Gasteiger partial charge < -0.3 is 20.1 Å². The highest BCUT2D eigenvalue weighted by molar-refractivity contribution is 6.07. The van der Waals surface area contributed by atoms with Crippen molar-refractivity contribution in [3.8, 4) is 0 Å². The van der Waals surface area contributed by atoms with Crippen LogP contribution in [0.15, 0.2) is 30.6 Å². The van der Waals surface area contributed by atoms with Crippen LogP contribution in [0, 0.1) is 5.82 Å². The van der Waals surface area contributed by atoms with Gasteiger partial charge in [0, 0.05) is 18.6 Å². The van der Waals surface area contributed by atoms with E-state index in [1.807, 2.05) is 13.8 Å². The summed E-state index contributed by atoms with van der Waals surface area (Å²) in [7, 11) is 0. The Balaban J connectivity index is 1.60. The standard InChI is InChI=1S/C22H26FN5O3/c1-13(2)26-19(29)17-18-20(30)28(16-8-9-16)22(3,11-27(18)12-25-17)21(31)24-10-14-4-6-15(23)7-5-14/h4-7,12-13,16H,8-11H2,1-3H3,(H,24,31)(H,26,29)/t22-/m0/s1. The summed E-state index contributed by atoms with van der Waals surface area (Å²) in [5, 5.41) is 5.65. The van der Waals surface area contributed by atoms with Crippen LogP contribution in [0.1, 0.15) is 60.2 Å². The second-order valence-electron chi connectivity index (χ2n) is 8.69. The maximum atomic E-state index is 13.5. The molecule has 0 bridgehead atoms. The molecule has 1 aliphatic heterocycles. The molecule has 4 rings (SSSR count). The number of fused-ring (bicyclic) bond motifs is 1. The van der Waals surface area contributed by atoms with E-state index in [4.69, 9.17) is 0 Å². The fourth-order valence-corrected chi connectivity index (χ4v) is 4.03. The minimum Gasteiger partial charge on any atom is -0.350 e. The van der Waals surface area contributed by atoms with Gasteiger partial charge in [0.1, 0.15) is 17.1 Å². The van der Waals surface area contributed by atoms with Gasteiger partial charge in [0.2, 0.25) is 5.91 Å². The molecule has 3 amide bonds. The van der Waals surface area contributed by atoms with Crippen molar-refractivity contribution in [2.24, 2.45) is 0 Å². The number of amides is 3. The van der Waals surface area contributed by atoms with Gasteiger partial charge in [0.05, 0.1) is 12.9 Å². The van der Waals surface area contributed by atoms with Gasteiger partial charge in [-0.15, -0.1) is 0 Å². The monoisotopic (exact) mass is 427 g/mol. The SMILES string of the molecule is CC(C)NC(=O)c1ncn2c1C(=O)N(C1CC1)[C@](C)(C(=O)NCc1ccc(F)cc1)C2. The van der Waals surface area contributed by atoms with Gasteiger partial charge in [-0.05, 0) is 51.3 Å². The molecule has 1 saturated carbocycles. The van der Waals surface area contributed by atoms with E-state index in [9.17, 15) is 18.8 Å². The third-order valence-electron chi connectivity index (χ3n) is 5.67. The number of benzene rings is 1. The van der Waals surface area contributed by atoms with Crippen molar-refractivity contribution in [1.82, 2.24) is 25.1 Å². The van der Waals surface area contributed by atoms with Crippen molar-refractivity contribution >= 4 is 17.7 Å². The number of hydrogen-bond acceptors (Lipinski definition) is 4. The normalized spacial score (nSPS) is 20.5. The highest BCUT2D eigenvalue weighted by Gasteiger charge is 2.53. The average Bonchev–Trinajstić information content (AvgIpc) is 3.44. The smallest absolute Gasteiger partial charge is 0.274 e. The van der Waals surface area contributed by atoms with E-state index in [1.165, 1.54) is 18.5 Å². The number of halogens is 1. The first kappa shape index (κ1) is 21.0. The molecule has 1 atom stereocenters. The summed E-state index contributed by atoms with van der Waals surface area (Å²) in [4.78, 5) is 45.0. The number of hydrogen-bond donors (Lipinski definition) is 2. The molecule has 31 heavy (non-hydrogen) atoms. The Morgan fingerprint density at radius 1 is 1.26 bits per heavy atom. The Hall–Kier alpha value is -3.23. The number of carbonyl (C=O) groups is 3. The predicted octanol–water partition coefficient (Wildman–Crippen LogP) is 1.85. The van der Waals surface area contributed by atoms with E-state index < -0.39 is 11.4 Å². The number of nitrogens with one attached hydrogen (secondary N) is 2. The summed E-state index contributed by atoms with van der Waals surface area (Å²) >= 11 is 0. The third kappa shape index (κ3) is 3.92. The number of rotatable bonds is 6. The van der Waals surface area contributed by atoms with Gasteiger partial charge in [-0.1, -0.05) is 12.1 Å². The fraction of sp³-hybridized carbons (Fsp3) is 0.455. The molecule has 2 aliphatic rings. The average molecular weight is 427 g/mol. The van der Waals surface area contributed by atoms with Crippen LogP contribution in [-0.2, 0) is 17.9 Å². The minimum atomic E-state index is -1.13. The van der Waals surface area contributed by atoms with Crippen LogP contribution in [0.4, 0.5) is 4.39 Å². The lowest BCUT2D eigenvalue weighted by Gasteiger charge is -2.44. The zero-order chi connectivity index (χ0) is 22.3. The maximum Gasteiger partial charge on any atom is 0.274 e. The van der Waals surface area contributed by atoms with E-state index >= 15 is 0 Å². The van der Waals surface area contributed by atoms with E-state index in [0.29, 0.717) is 0 Å². The Bertz CT molecular complexity index is 1030. The van der Waals surface area contributed by atoms with Crippen molar-refractivity contribution in [2.45, 2.75) is 64.3 Å². The van der Waals surface area contributed by atoms with Gasteiger partial charge >= 0.3 is 0 Å². The van der Waals surface area contributed by atoms with E-state index in [-0.39, 0.29) is 54.2 Å². The van der Waals surface area contributed by atoms with E-state index in [1.54, 1.807) is 28.5 Å². The van der Waals surface area contributed by atoms with Crippen molar-refractivity contribution in [2.75, 3.05) is 0 Å². The summed E-state index contributed by atoms with van der Waals surface area (Å²) < 4.78 is 14.7. The summed E-state index contributed by atoms with van der Waals surface area (Å²) in [6.45, 7) is 5.82. The van der Waals surface area contributed by atoms with Crippen LogP contribution < -0.4 is 10.6 Å². The van der Waals surface area contributed by atoms with E-state index in [2.05, 4.69) is 15.6 Å². The van der Waals surface area contributed by atoms with Crippen molar-refractivity contribution < 1.29 is 18.8 Å². The van der Waals surface area contributed by atoms with Crippen LogP contribution >= 0.6 is 0 Å². The van der Waals surface area contributed by atoms with Crippen molar-refractivity contribution in [1.29, 1.82) is 0 Å². The number of nitrogens with zero attached hydrogens (tertiary/aromatic N) is 3. The summed E-state index contributed by atoms with van der Waals surface area (Å²) in [5.74, 6) is -1.41. The molecule has 0 saturated heterocycles. The molecule has 0 unspecified atom stereocenters. The van der Waals surface area contributed by atoms with Crippen LogP contribution in [-0.4, -0.2) is 49.8 Å². The lowest BCUT2D eigenvalue weighted by Crippen LogP contribution is -2.64. The molecule has 2 heterocycles.